The fourth-order valence-electron chi connectivity index (χ4n) is 4.59. The van der Waals surface area contributed by atoms with Crippen molar-refractivity contribution in [3.8, 4) is 0 Å². The minimum absolute atomic E-state index is 0.573. The normalized spacial score (nSPS) is 23.7. The van der Waals surface area contributed by atoms with Crippen LogP contribution in [0.3, 0.4) is 0 Å². The second-order valence-electron chi connectivity index (χ2n) is 8.12. The molecule has 0 bridgehead atoms. The number of pyridine rings is 1. The summed E-state index contributed by atoms with van der Waals surface area (Å²) in [7, 11) is 0. The maximum Gasteiger partial charge on any atom is 0.0980 e. The zero-order valence-electron chi connectivity index (χ0n) is 15.9. The Bertz CT molecular complexity index is 783. The second kappa shape index (κ2) is 7.36. The molecule has 1 saturated heterocycles. The topological polar surface area (TPSA) is 32.3 Å². The predicted octanol–water partition coefficient (Wildman–Crippen LogP) is 4.13. The summed E-state index contributed by atoms with van der Waals surface area (Å²) < 4.78 is 0. The third kappa shape index (κ3) is 3.43. The van der Waals surface area contributed by atoms with Crippen LogP contribution in [0.25, 0.3) is 6.08 Å². The molecule has 0 amide bonds. The highest BCUT2D eigenvalue weighted by Gasteiger charge is 2.30. The van der Waals surface area contributed by atoms with Gasteiger partial charge in [0.25, 0.3) is 0 Å². The van der Waals surface area contributed by atoms with Gasteiger partial charge in [-0.25, -0.2) is 4.98 Å². The van der Waals surface area contributed by atoms with Gasteiger partial charge in [-0.15, -0.1) is 11.3 Å². The Hall–Kier alpha value is -1.72. The van der Waals surface area contributed by atoms with Gasteiger partial charge in [0, 0.05) is 49.4 Å². The summed E-state index contributed by atoms with van der Waals surface area (Å²) >= 11 is 2.00. The van der Waals surface area contributed by atoms with Gasteiger partial charge in [0.1, 0.15) is 0 Å². The lowest BCUT2D eigenvalue weighted by molar-refractivity contribution is 0.133. The molecule has 1 atom stereocenters. The highest BCUT2D eigenvalue weighted by atomic mass is 32.1. The van der Waals surface area contributed by atoms with Crippen LogP contribution in [0.5, 0.6) is 0 Å². The van der Waals surface area contributed by atoms with E-state index in [-0.39, 0.29) is 0 Å². The first-order valence-corrected chi connectivity index (χ1v) is 11.2. The molecule has 4 heterocycles. The summed E-state index contributed by atoms with van der Waals surface area (Å²) in [5, 5.41) is 1.37. The number of hydrogen-bond acceptors (Lipinski definition) is 5. The second-order valence-corrected chi connectivity index (χ2v) is 9.23. The van der Waals surface area contributed by atoms with Gasteiger partial charge in [0.2, 0.25) is 0 Å². The molecule has 142 valence electrons. The highest BCUT2D eigenvalue weighted by molar-refractivity contribution is 7.11. The maximum atomic E-state index is 5.12. The SMILES string of the molecule is C=Cc1ccc(N2CCC(c3nc4c(s3)CCN(C3CCC3)CC4)C2)cn1. The number of fused-ring (bicyclic) bond motifs is 1. The minimum atomic E-state index is 0.573. The molecular weight excluding hydrogens is 352 g/mol. The minimum Gasteiger partial charge on any atom is -0.370 e. The Morgan fingerprint density at radius 3 is 2.74 bits per heavy atom. The van der Waals surface area contributed by atoms with Crippen LogP contribution in [0.2, 0.25) is 0 Å². The molecule has 0 N–H and O–H groups in total. The van der Waals surface area contributed by atoms with Crippen molar-refractivity contribution in [3.63, 3.8) is 0 Å². The molecule has 0 spiro atoms. The standard InChI is InChI=1S/C22H28N4S/c1-2-17-6-7-19(14-23-17)26-11-8-16(15-26)22-24-20-9-12-25(18-4-3-5-18)13-10-21(20)27-22/h2,6-7,14,16,18H,1,3-5,8-13,15H2. The van der Waals surface area contributed by atoms with E-state index in [9.17, 15) is 0 Å². The van der Waals surface area contributed by atoms with Gasteiger partial charge in [-0.1, -0.05) is 13.0 Å². The van der Waals surface area contributed by atoms with Crippen molar-refractivity contribution in [1.29, 1.82) is 0 Å². The maximum absolute atomic E-state index is 5.12. The van der Waals surface area contributed by atoms with Crippen molar-refractivity contribution < 1.29 is 0 Å². The molecule has 27 heavy (non-hydrogen) atoms. The van der Waals surface area contributed by atoms with E-state index in [1.54, 1.807) is 11.0 Å². The molecule has 2 aromatic rings. The molecule has 5 heteroatoms. The van der Waals surface area contributed by atoms with Crippen LogP contribution in [0, 0.1) is 0 Å². The average molecular weight is 381 g/mol. The Morgan fingerprint density at radius 1 is 1.11 bits per heavy atom. The zero-order valence-corrected chi connectivity index (χ0v) is 16.8. The van der Waals surface area contributed by atoms with Gasteiger partial charge in [-0.3, -0.25) is 9.88 Å². The van der Waals surface area contributed by atoms with Crippen molar-refractivity contribution in [2.75, 3.05) is 31.1 Å². The van der Waals surface area contributed by atoms with Gasteiger partial charge >= 0.3 is 0 Å². The number of thiazole rings is 1. The molecule has 2 aliphatic heterocycles. The Morgan fingerprint density at radius 2 is 2.00 bits per heavy atom. The Balaban J connectivity index is 1.25. The molecule has 1 aliphatic carbocycles. The summed E-state index contributed by atoms with van der Waals surface area (Å²) in [6.45, 7) is 8.39. The number of nitrogens with zero attached hydrogens (tertiary/aromatic N) is 4. The summed E-state index contributed by atoms with van der Waals surface area (Å²) in [6, 6.07) is 5.08. The number of hydrogen-bond donors (Lipinski definition) is 0. The molecule has 1 unspecified atom stereocenters. The summed E-state index contributed by atoms with van der Waals surface area (Å²) in [4.78, 5) is 16.3. The van der Waals surface area contributed by atoms with Crippen LogP contribution in [0.1, 0.15) is 52.9 Å². The first kappa shape index (κ1) is 17.4. The monoisotopic (exact) mass is 380 g/mol. The quantitative estimate of drug-likeness (QED) is 0.798. The highest BCUT2D eigenvalue weighted by Crippen LogP contribution is 2.36. The van der Waals surface area contributed by atoms with Gasteiger partial charge in [-0.2, -0.15) is 0 Å². The Labute approximate surface area is 165 Å². The smallest absolute Gasteiger partial charge is 0.0980 e. The molecule has 1 saturated carbocycles. The molecule has 5 rings (SSSR count). The van der Waals surface area contributed by atoms with E-state index >= 15 is 0 Å². The Kier molecular flexibility index (Phi) is 4.74. The van der Waals surface area contributed by atoms with E-state index in [1.807, 2.05) is 17.5 Å². The van der Waals surface area contributed by atoms with Crippen LogP contribution in [-0.2, 0) is 12.8 Å². The average Bonchev–Trinajstić information content (AvgIpc) is 3.26. The van der Waals surface area contributed by atoms with Crippen molar-refractivity contribution >= 4 is 23.1 Å². The van der Waals surface area contributed by atoms with Gasteiger partial charge in [-0.05, 0) is 43.9 Å². The van der Waals surface area contributed by atoms with Crippen LogP contribution in [-0.4, -0.2) is 47.1 Å². The predicted molar refractivity (Wildman–Crippen MR) is 113 cm³/mol. The largest absolute Gasteiger partial charge is 0.370 e. The number of anilines is 1. The fraction of sp³-hybridized carbons (Fsp3) is 0.545. The summed E-state index contributed by atoms with van der Waals surface area (Å²) in [5.41, 5.74) is 3.55. The van der Waals surface area contributed by atoms with E-state index in [1.165, 1.54) is 61.6 Å². The van der Waals surface area contributed by atoms with Crippen molar-refractivity contribution in [2.45, 2.75) is 50.5 Å². The molecule has 3 aliphatic rings. The zero-order chi connectivity index (χ0) is 18.2. The van der Waals surface area contributed by atoms with E-state index in [4.69, 9.17) is 4.98 Å². The van der Waals surface area contributed by atoms with E-state index in [0.717, 1.165) is 31.2 Å². The van der Waals surface area contributed by atoms with Crippen LogP contribution < -0.4 is 4.90 Å². The molecule has 2 aromatic heterocycles. The molecule has 0 radical (unpaired) electrons. The third-order valence-electron chi connectivity index (χ3n) is 6.53. The van der Waals surface area contributed by atoms with Crippen molar-refractivity contribution in [1.82, 2.24) is 14.9 Å². The molecule has 4 nitrogen and oxygen atoms in total. The lowest BCUT2D eigenvalue weighted by atomic mass is 9.91. The van der Waals surface area contributed by atoms with E-state index in [2.05, 4.69) is 33.5 Å². The van der Waals surface area contributed by atoms with Crippen LogP contribution >= 0.6 is 11.3 Å². The molecule has 2 fully saturated rings. The molecular formula is C22H28N4S. The van der Waals surface area contributed by atoms with Crippen molar-refractivity contribution in [2.24, 2.45) is 0 Å². The summed E-state index contributed by atoms with van der Waals surface area (Å²) in [5.74, 6) is 0.573. The first-order valence-electron chi connectivity index (χ1n) is 10.4. The lowest BCUT2D eigenvalue weighted by Gasteiger charge is -2.36. The van der Waals surface area contributed by atoms with E-state index in [0.29, 0.717) is 5.92 Å². The van der Waals surface area contributed by atoms with Crippen LogP contribution in [0.15, 0.2) is 24.9 Å². The molecule has 0 aromatic carbocycles. The van der Waals surface area contributed by atoms with Gasteiger partial charge in [0.05, 0.1) is 28.3 Å². The lowest BCUT2D eigenvalue weighted by Crippen LogP contribution is -2.41. The van der Waals surface area contributed by atoms with Gasteiger partial charge in [0.15, 0.2) is 0 Å². The fourth-order valence-corrected chi connectivity index (χ4v) is 5.82. The van der Waals surface area contributed by atoms with E-state index < -0.39 is 0 Å². The first-order chi connectivity index (χ1) is 13.3. The number of rotatable bonds is 4. The number of aromatic nitrogens is 2. The van der Waals surface area contributed by atoms with Crippen LogP contribution in [0.4, 0.5) is 5.69 Å². The van der Waals surface area contributed by atoms with Gasteiger partial charge < -0.3 is 4.90 Å². The summed E-state index contributed by atoms with van der Waals surface area (Å²) in [6.07, 6.45) is 11.6. The third-order valence-corrected chi connectivity index (χ3v) is 7.85. The van der Waals surface area contributed by atoms with Crippen molar-refractivity contribution in [3.05, 3.63) is 46.2 Å².